The molecule has 0 aliphatic heterocycles. The molecule has 4 nitrogen and oxygen atoms in total. The number of para-hydroxylation sites is 3. The smallest absolute Gasteiger partial charge is 0.227 e. The molecule has 0 aliphatic carbocycles. The summed E-state index contributed by atoms with van der Waals surface area (Å²) in [4.78, 5) is 9.47. The molecule has 0 unspecified atom stereocenters. The van der Waals surface area contributed by atoms with E-state index in [9.17, 15) is 0 Å². The molecule has 4 heteroatoms. The highest BCUT2D eigenvalue weighted by Crippen LogP contribution is 2.41. The molecule has 0 saturated carbocycles. The number of aromatic nitrogens is 1. The number of anilines is 6. The zero-order chi connectivity index (χ0) is 32.6. The Morgan fingerprint density at radius 1 is 0.388 bits per heavy atom. The Morgan fingerprint density at radius 2 is 0.816 bits per heavy atom. The lowest BCUT2D eigenvalue weighted by Crippen LogP contribution is -2.12. The first-order valence-electron chi connectivity index (χ1n) is 16.5. The van der Waals surface area contributed by atoms with E-state index in [-0.39, 0.29) is 0 Å². The van der Waals surface area contributed by atoms with E-state index >= 15 is 0 Å². The normalized spacial score (nSPS) is 11.3. The zero-order valence-electron chi connectivity index (χ0n) is 26.6. The fourth-order valence-electron chi connectivity index (χ4n) is 6.73. The quantitative estimate of drug-likeness (QED) is 0.164. The van der Waals surface area contributed by atoms with E-state index in [4.69, 9.17) is 9.40 Å². The number of hydrogen-bond donors (Lipinski definition) is 0. The minimum absolute atomic E-state index is 0.627. The van der Waals surface area contributed by atoms with Gasteiger partial charge in [-0.2, -0.15) is 0 Å². The Bertz CT molecular complexity index is 2490. The van der Waals surface area contributed by atoms with Crippen molar-refractivity contribution in [3.8, 4) is 11.5 Å². The summed E-state index contributed by atoms with van der Waals surface area (Å²) in [6.45, 7) is 0. The summed E-state index contributed by atoms with van der Waals surface area (Å²) < 4.78 is 6.52. The van der Waals surface area contributed by atoms with Crippen molar-refractivity contribution in [2.24, 2.45) is 0 Å². The van der Waals surface area contributed by atoms with Crippen molar-refractivity contribution in [1.29, 1.82) is 0 Å². The lowest BCUT2D eigenvalue weighted by Gasteiger charge is -2.28. The van der Waals surface area contributed by atoms with E-state index in [1.165, 1.54) is 0 Å². The fraction of sp³-hybridized carbons (Fsp3) is 0. The van der Waals surface area contributed by atoms with Crippen LogP contribution in [0.25, 0.3) is 44.1 Å². The van der Waals surface area contributed by atoms with Crippen LogP contribution >= 0.6 is 0 Å². The van der Waals surface area contributed by atoms with Crippen LogP contribution in [0.4, 0.5) is 34.1 Å². The highest BCUT2D eigenvalue weighted by molar-refractivity contribution is 6.18. The van der Waals surface area contributed by atoms with Crippen molar-refractivity contribution >= 4 is 66.8 Å². The predicted octanol–water partition coefficient (Wildman–Crippen LogP) is 12.7. The molecule has 0 aliphatic rings. The van der Waals surface area contributed by atoms with Crippen LogP contribution in [0.1, 0.15) is 0 Å². The number of benzene rings is 8. The standard InChI is InChI=1S/C45H31N3O/c1-5-13-34(14-6-1)45-46-42-30-24-33-22-21-32-23-25-40(31-41(32)43(33)44(42)49-45)48(37-19-11-4-12-20-37)39-28-26-38(27-29-39)47(35-15-7-2-8-16-35)36-17-9-3-10-18-36/h1-31H. The van der Waals surface area contributed by atoms with Crippen LogP contribution < -0.4 is 9.80 Å². The molecule has 8 aromatic carbocycles. The van der Waals surface area contributed by atoms with Crippen LogP contribution in [-0.2, 0) is 0 Å². The number of fused-ring (bicyclic) bond motifs is 5. The molecule has 0 N–H and O–H groups in total. The van der Waals surface area contributed by atoms with Gasteiger partial charge in [0.1, 0.15) is 5.52 Å². The van der Waals surface area contributed by atoms with Crippen LogP contribution in [0.3, 0.4) is 0 Å². The summed E-state index contributed by atoms with van der Waals surface area (Å²) in [6.07, 6.45) is 0. The van der Waals surface area contributed by atoms with Gasteiger partial charge in [-0.3, -0.25) is 0 Å². The molecular formula is C45H31N3O. The van der Waals surface area contributed by atoms with Crippen molar-refractivity contribution in [3.63, 3.8) is 0 Å². The molecule has 0 atom stereocenters. The van der Waals surface area contributed by atoms with E-state index in [1.807, 2.05) is 30.3 Å². The van der Waals surface area contributed by atoms with E-state index in [0.717, 1.165) is 72.3 Å². The average Bonchev–Trinajstić information content (AvgIpc) is 3.62. The highest BCUT2D eigenvalue weighted by Gasteiger charge is 2.18. The Morgan fingerprint density at radius 3 is 1.39 bits per heavy atom. The number of rotatable bonds is 7. The van der Waals surface area contributed by atoms with Crippen molar-refractivity contribution in [1.82, 2.24) is 4.98 Å². The third-order valence-electron chi connectivity index (χ3n) is 9.03. The maximum absolute atomic E-state index is 6.52. The van der Waals surface area contributed by atoms with Crippen molar-refractivity contribution in [2.45, 2.75) is 0 Å². The van der Waals surface area contributed by atoms with Crippen LogP contribution in [0.15, 0.2) is 192 Å². The molecule has 9 aromatic rings. The summed E-state index contributed by atoms with van der Waals surface area (Å²) in [6, 6.07) is 65.7. The lowest BCUT2D eigenvalue weighted by atomic mass is 10.00. The Hall–Kier alpha value is -6.65. The van der Waals surface area contributed by atoms with Gasteiger partial charge in [-0.1, -0.05) is 97.1 Å². The molecule has 0 radical (unpaired) electrons. The average molecular weight is 630 g/mol. The molecule has 0 fully saturated rings. The minimum atomic E-state index is 0.627. The molecule has 0 bridgehead atoms. The third-order valence-corrected chi connectivity index (χ3v) is 9.03. The van der Waals surface area contributed by atoms with Crippen LogP contribution in [-0.4, -0.2) is 4.98 Å². The Balaban J connectivity index is 1.19. The van der Waals surface area contributed by atoms with Gasteiger partial charge in [0.2, 0.25) is 5.89 Å². The monoisotopic (exact) mass is 629 g/mol. The van der Waals surface area contributed by atoms with E-state index in [2.05, 4.69) is 168 Å². The second-order valence-corrected chi connectivity index (χ2v) is 12.1. The van der Waals surface area contributed by atoms with Gasteiger partial charge < -0.3 is 14.2 Å². The molecule has 1 heterocycles. The highest BCUT2D eigenvalue weighted by atomic mass is 16.3. The van der Waals surface area contributed by atoms with Gasteiger partial charge in [0, 0.05) is 45.1 Å². The Labute approximate surface area is 284 Å². The molecule has 9 rings (SSSR count). The van der Waals surface area contributed by atoms with Crippen molar-refractivity contribution < 1.29 is 4.42 Å². The number of oxazole rings is 1. The lowest BCUT2D eigenvalue weighted by molar-refractivity contribution is 0.623. The first-order valence-corrected chi connectivity index (χ1v) is 16.5. The molecule has 0 amide bonds. The second kappa shape index (κ2) is 12.2. The first kappa shape index (κ1) is 28.6. The summed E-state index contributed by atoms with van der Waals surface area (Å²) in [7, 11) is 0. The van der Waals surface area contributed by atoms with Crippen LogP contribution in [0.2, 0.25) is 0 Å². The first-order chi connectivity index (χ1) is 24.3. The van der Waals surface area contributed by atoms with Gasteiger partial charge in [0.05, 0.1) is 0 Å². The molecule has 1 aromatic heterocycles. The topological polar surface area (TPSA) is 32.5 Å². The Kier molecular flexibility index (Phi) is 7.10. The summed E-state index contributed by atoms with van der Waals surface area (Å²) >= 11 is 0. The zero-order valence-corrected chi connectivity index (χ0v) is 26.6. The number of nitrogens with zero attached hydrogens (tertiary/aromatic N) is 3. The predicted molar refractivity (Wildman–Crippen MR) is 204 cm³/mol. The maximum atomic E-state index is 6.52. The molecule has 0 saturated heterocycles. The van der Waals surface area contributed by atoms with E-state index < -0.39 is 0 Å². The van der Waals surface area contributed by atoms with Gasteiger partial charge in [-0.25, -0.2) is 4.98 Å². The fourth-order valence-corrected chi connectivity index (χ4v) is 6.73. The van der Waals surface area contributed by atoms with Gasteiger partial charge >= 0.3 is 0 Å². The molecular weight excluding hydrogens is 599 g/mol. The summed E-state index contributed by atoms with van der Waals surface area (Å²) in [5.74, 6) is 0.627. The van der Waals surface area contributed by atoms with Gasteiger partial charge in [-0.15, -0.1) is 0 Å². The van der Waals surface area contributed by atoms with Gasteiger partial charge in [-0.05, 0) is 107 Å². The summed E-state index contributed by atoms with van der Waals surface area (Å²) in [5, 5.41) is 4.45. The minimum Gasteiger partial charge on any atom is -0.435 e. The SMILES string of the molecule is c1ccc(-c2nc3ccc4ccc5ccc(N(c6ccccc6)c6ccc(N(c7ccccc7)c7ccccc7)cc6)cc5c4c3o2)cc1. The second-order valence-electron chi connectivity index (χ2n) is 12.1. The molecule has 232 valence electrons. The van der Waals surface area contributed by atoms with Gasteiger partial charge in [0.15, 0.2) is 5.58 Å². The number of hydrogen-bond acceptors (Lipinski definition) is 4. The van der Waals surface area contributed by atoms with E-state index in [0.29, 0.717) is 5.89 Å². The van der Waals surface area contributed by atoms with Gasteiger partial charge in [0.25, 0.3) is 0 Å². The van der Waals surface area contributed by atoms with Crippen molar-refractivity contribution in [3.05, 3.63) is 188 Å². The van der Waals surface area contributed by atoms with Crippen LogP contribution in [0.5, 0.6) is 0 Å². The van der Waals surface area contributed by atoms with Crippen LogP contribution in [0, 0.1) is 0 Å². The van der Waals surface area contributed by atoms with E-state index in [1.54, 1.807) is 0 Å². The molecule has 49 heavy (non-hydrogen) atoms. The third kappa shape index (κ3) is 5.26. The maximum Gasteiger partial charge on any atom is 0.227 e. The largest absolute Gasteiger partial charge is 0.435 e. The molecule has 0 spiro atoms. The summed E-state index contributed by atoms with van der Waals surface area (Å²) in [5.41, 5.74) is 9.11. The van der Waals surface area contributed by atoms with Crippen molar-refractivity contribution in [2.75, 3.05) is 9.80 Å².